The van der Waals surface area contributed by atoms with Gasteiger partial charge in [0.2, 0.25) is 0 Å². The van der Waals surface area contributed by atoms with Gasteiger partial charge in [-0.3, -0.25) is 0 Å². The van der Waals surface area contributed by atoms with Crippen LogP contribution >= 0.6 is 0 Å². The number of sulfone groups is 1. The summed E-state index contributed by atoms with van der Waals surface area (Å²) in [5.41, 5.74) is -0.844. The zero-order valence-corrected chi connectivity index (χ0v) is 12.2. The van der Waals surface area contributed by atoms with Crippen LogP contribution in [-0.4, -0.2) is 29.6 Å². The summed E-state index contributed by atoms with van der Waals surface area (Å²) in [4.78, 5) is 0. The van der Waals surface area contributed by atoms with E-state index in [0.29, 0.717) is 24.7 Å². The Hall–Kier alpha value is -0.0900. The van der Waals surface area contributed by atoms with Gasteiger partial charge in [0, 0.05) is 0 Å². The number of fused-ring (bicyclic) bond motifs is 1. The second-order valence-corrected chi connectivity index (χ2v) is 9.65. The molecule has 0 aromatic carbocycles. The molecule has 2 aliphatic rings. The summed E-state index contributed by atoms with van der Waals surface area (Å²) in [6, 6.07) is 0. The second-order valence-electron chi connectivity index (χ2n) is 6.96. The molecular formula is C13H24O3S. The molecular weight excluding hydrogens is 236 g/mol. The van der Waals surface area contributed by atoms with E-state index >= 15 is 0 Å². The lowest BCUT2D eigenvalue weighted by atomic mass is 9.86. The van der Waals surface area contributed by atoms with Crippen LogP contribution in [0.2, 0.25) is 0 Å². The zero-order chi connectivity index (χ0) is 13.2. The number of rotatable bonds is 2. The minimum Gasteiger partial charge on any atom is -0.389 e. The highest BCUT2D eigenvalue weighted by atomic mass is 32.2. The Morgan fingerprint density at radius 3 is 2.18 bits per heavy atom. The minimum absolute atomic E-state index is 0.214. The fraction of sp³-hybridized carbons (Fsp3) is 1.00. The molecule has 2 saturated carbocycles. The van der Waals surface area contributed by atoms with Crippen molar-refractivity contribution < 1.29 is 13.5 Å². The van der Waals surface area contributed by atoms with Crippen molar-refractivity contribution in [1.29, 1.82) is 0 Å². The van der Waals surface area contributed by atoms with Crippen molar-refractivity contribution in [2.45, 2.75) is 63.6 Å². The van der Waals surface area contributed by atoms with Crippen LogP contribution in [0.4, 0.5) is 0 Å². The third-order valence-corrected chi connectivity index (χ3v) is 7.94. The maximum Gasteiger partial charge on any atom is 0.158 e. The summed E-state index contributed by atoms with van der Waals surface area (Å²) >= 11 is 0. The van der Waals surface area contributed by atoms with Crippen molar-refractivity contribution in [2.75, 3.05) is 0 Å². The Morgan fingerprint density at radius 2 is 1.71 bits per heavy atom. The molecule has 100 valence electrons. The Morgan fingerprint density at radius 1 is 1.18 bits per heavy atom. The van der Waals surface area contributed by atoms with Crippen LogP contribution in [-0.2, 0) is 9.84 Å². The molecule has 2 fully saturated rings. The van der Waals surface area contributed by atoms with E-state index in [1.54, 1.807) is 20.8 Å². The lowest BCUT2D eigenvalue weighted by Gasteiger charge is -2.37. The predicted octanol–water partition coefficient (Wildman–Crippen LogP) is 2.00. The molecule has 2 rings (SSSR count). The van der Waals surface area contributed by atoms with Crippen molar-refractivity contribution in [2.24, 2.45) is 17.3 Å². The first kappa shape index (κ1) is 13.3. The smallest absolute Gasteiger partial charge is 0.158 e. The SMILES string of the molecule is CC(C)S(=O)(=O)[C@H]1C[C@@H]2[C@H](C[C@]1(C)O)C2(C)C. The van der Waals surface area contributed by atoms with Gasteiger partial charge in [0.15, 0.2) is 9.84 Å². The monoisotopic (exact) mass is 260 g/mol. The molecule has 0 amide bonds. The first-order valence-electron chi connectivity index (χ1n) is 6.46. The molecule has 0 bridgehead atoms. The molecule has 17 heavy (non-hydrogen) atoms. The fourth-order valence-electron chi connectivity index (χ4n) is 3.61. The van der Waals surface area contributed by atoms with E-state index in [1.807, 2.05) is 0 Å². The molecule has 0 saturated heterocycles. The summed E-state index contributed by atoms with van der Waals surface area (Å²) < 4.78 is 24.6. The topological polar surface area (TPSA) is 54.4 Å². The lowest BCUT2D eigenvalue weighted by molar-refractivity contribution is 0.0215. The third-order valence-electron chi connectivity index (χ3n) is 5.14. The molecule has 3 nitrogen and oxygen atoms in total. The van der Waals surface area contributed by atoms with Gasteiger partial charge in [-0.1, -0.05) is 13.8 Å². The molecule has 0 spiro atoms. The second kappa shape index (κ2) is 3.47. The van der Waals surface area contributed by atoms with Crippen LogP contribution in [0.1, 0.15) is 47.5 Å². The van der Waals surface area contributed by atoms with Gasteiger partial charge in [-0.25, -0.2) is 8.42 Å². The molecule has 2 aliphatic carbocycles. The summed E-state index contributed by atoms with van der Waals surface area (Å²) in [5.74, 6) is 0.970. The van der Waals surface area contributed by atoms with E-state index in [2.05, 4.69) is 13.8 Å². The van der Waals surface area contributed by atoms with Crippen LogP contribution in [0.25, 0.3) is 0 Å². The zero-order valence-electron chi connectivity index (χ0n) is 11.4. The van der Waals surface area contributed by atoms with E-state index in [4.69, 9.17) is 0 Å². The highest BCUT2D eigenvalue weighted by Gasteiger charge is 2.65. The van der Waals surface area contributed by atoms with Crippen LogP contribution < -0.4 is 0 Å². The third kappa shape index (κ3) is 1.84. The van der Waals surface area contributed by atoms with Gasteiger partial charge in [-0.15, -0.1) is 0 Å². The highest BCUT2D eigenvalue weighted by Crippen LogP contribution is 2.67. The maximum absolute atomic E-state index is 12.3. The number of aliphatic hydroxyl groups is 1. The Labute approximate surface area is 105 Å². The average molecular weight is 260 g/mol. The molecule has 0 unspecified atom stereocenters. The Bertz CT molecular complexity index is 420. The quantitative estimate of drug-likeness (QED) is 0.826. The van der Waals surface area contributed by atoms with Crippen LogP contribution in [0.15, 0.2) is 0 Å². The van der Waals surface area contributed by atoms with Gasteiger partial charge in [-0.05, 0) is 50.9 Å². The van der Waals surface area contributed by atoms with E-state index < -0.39 is 25.9 Å². The maximum atomic E-state index is 12.3. The van der Waals surface area contributed by atoms with Gasteiger partial charge in [0.1, 0.15) is 0 Å². The Kier molecular flexibility index (Phi) is 2.73. The van der Waals surface area contributed by atoms with E-state index in [-0.39, 0.29) is 5.41 Å². The van der Waals surface area contributed by atoms with Crippen molar-refractivity contribution in [3.63, 3.8) is 0 Å². The normalized spacial score (nSPS) is 44.5. The van der Waals surface area contributed by atoms with Crippen molar-refractivity contribution in [3.05, 3.63) is 0 Å². The van der Waals surface area contributed by atoms with Crippen LogP contribution in [0.5, 0.6) is 0 Å². The van der Waals surface area contributed by atoms with Crippen molar-refractivity contribution in [3.8, 4) is 0 Å². The molecule has 0 aliphatic heterocycles. The van der Waals surface area contributed by atoms with E-state index in [9.17, 15) is 13.5 Å². The van der Waals surface area contributed by atoms with E-state index in [0.717, 1.165) is 0 Å². The number of hydrogen-bond donors (Lipinski definition) is 1. The van der Waals surface area contributed by atoms with Gasteiger partial charge in [0.05, 0.1) is 16.1 Å². The highest BCUT2D eigenvalue weighted by molar-refractivity contribution is 7.92. The molecule has 0 aromatic heterocycles. The molecule has 0 radical (unpaired) electrons. The molecule has 0 heterocycles. The van der Waals surface area contributed by atoms with Crippen molar-refractivity contribution in [1.82, 2.24) is 0 Å². The van der Waals surface area contributed by atoms with Crippen LogP contribution in [0, 0.1) is 17.3 Å². The van der Waals surface area contributed by atoms with E-state index in [1.165, 1.54) is 0 Å². The molecule has 0 aromatic rings. The minimum atomic E-state index is -3.21. The largest absolute Gasteiger partial charge is 0.389 e. The lowest BCUT2D eigenvalue weighted by Crippen LogP contribution is -2.49. The predicted molar refractivity (Wildman–Crippen MR) is 68.5 cm³/mol. The van der Waals surface area contributed by atoms with Gasteiger partial charge < -0.3 is 5.11 Å². The first-order valence-corrected chi connectivity index (χ1v) is 8.07. The summed E-state index contributed by atoms with van der Waals surface area (Å²) in [6.07, 6.45) is 1.26. The van der Waals surface area contributed by atoms with Crippen LogP contribution in [0.3, 0.4) is 0 Å². The van der Waals surface area contributed by atoms with Crippen molar-refractivity contribution >= 4 is 9.84 Å². The summed E-state index contributed by atoms with van der Waals surface area (Å²) in [6.45, 7) is 9.47. The summed E-state index contributed by atoms with van der Waals surface area (Å²) in [5, 5.41) is 9.48. The Balaban J connectivity index is 2.30. The fourth-order valence-corrected chi connectivity index (χ4v) is 5.55. The summed E-state index contributed by atoms with van der Waals surface area (Å²) in [7, 11) is -3.21. The molecule has 4 atom stereocenters. The van der Waals surface area contributed by atoms with Gasteiger partial charge >= 0.3 is 0 Å². The van der Waals surface area contributed by atoms with Gasteiger partial charge in [-0.2, -0.15) is 0 Å². The van der Waals surface area contributed by atoms with Gasteiger partial charge in [0.25, 0.3) is 0 Å². The first-order chi connectivity index (χ1) is 7.51. The molecule has 1 N–H and O–H groups in total. The average Bonchev–Trinajstić information content (AvgIpc) is 2.64. The molecule has 4 heteroatoms. The standard InChI is InChI=1S/C13H24O3S/c1-8(2)17(15,16)11-6-9-10(12(9,3)4)7-13(11,5)14/h8-11,14H,6-7H2,1-5H3/t9-,10+,11+,13+/m1/s1. The number of hydrogen-bond acceptors (Lipinski definition) is 3.